The van der Waals surface area contributed by atoms with Crippen molar-refractivity contribution in [3.8, 4) is 0 Å². The first-order valence-corrected chi connectivity index (χ1v) is 9.07. The number of nitrogens with one attached hydrogen (secondary N) is 2. The van der Waals surface area contributed by atoms with Gasteiger partial charge in [-0.3, -0.25) is 0 Å². The van der Waals surface area contributed by atoms with Crippen LogP contribution in [0.4, 0.5) is 0 Å². The number of benzene rings is 2. The van der Waals surface area contributed by atoms with Crippen LogP contribution in [-0.4, -0.2) is 11.1 Å². The zero-order valence-electron chi connectivity index (χ0n) is 14.9. The summed E-state index contributed by atoms with van der Waals surface area (Å²) < 4.78 is 5.55. The number of esters is 1. The van der Waals surface area contributed by atoms with E-state index in [1.807, 2.05) is 49.4 Å². The Bertz CT molecular complexity index is 829. The topological polar surface area (TPSA) is 50.4 Å². The van der Waals surface area contributed by atoms with E-state index in [1.165, 1.54) is 5.56 Å². The summed E-state index contributed by atoms with van der Waals surface area (Å²) in [4.78, 5) is 12.8. The van der Waals surface area contributed by atoms with Crippen LogP contribution in [0, 0.1) is 0 Å². The SMILES string of the molecule is CCc1ccc([C@H]2NC(=S)NC(C)=C2C(=O)OCc2ccccc2)cc1. The van der Waals surface area contributed by atoms with Gasteiger partial charge in [-0.2, -0.15) is 0 Å². The van der Waals surface area contributed by atoms with Crippen LogP contribution in [0.15, 0.2) is 65.9 Å². The molecule has 2 aromatic carbocycles. The summed E-state index contributed by atoms with van der Waals surface area (Å²) in [6, 6.07) is 17.5. The highest BCUT2D eigenvalue weighted by Crippen LogP contribution is 2.28. The third-order valence-electron chi connectivity index (χ3n) is 4.42. The molecule has 0 saturated heterocycles. The van der Waals surface area contributed by atoms with Crippen molar-refractivity contribution < 1.29 is 9.53 Å². The van der Waals surface area contributed by atoms with E-state index in [-0.39, 0.29) is 18.6 Å². The van der Waals surface area contributed by atoms with E-state index >= 15 is 0 Å². The molecule has 2 aromatic rings. The molecule has 5 heteroatoms. The zero-order valence-corrected chi connectivity index (χ0v) is 15.7. The maximum Gasteiger partial charge on any atom is 0.338 e. The summed E-state index contributed by atoms with van der Waals surface area (Å²) in [5, 5.41) is 6.73. The van der Waals surface area contributed by atoms with Crippen molar-refractivity contribution in [2.24, 2.45) is 0 Å². The fourth-order valence-electron chi connectivity index (χ4n) is 2.96. The van der Waals surface area contributed by atoms with Gasteiger partial charge in [0, 0.05) is 5.70 Å². The van der Waals surface area contributed by atoms with Crippen LogP contribution in [0.3, 0.4) is 0 Å². The van der Waals surface area contributed by atoms with Crippen molar-refractivity contribution >= 4 is 23.3 Å². The van der Waals surface area contributed by atoms with Crippen molar-refractivity contribution in [2.75, 3.05) is 0 Å². The minimum Gasteiger partial charge on any atom is -0.457 e. The molecule has 0 bridgehead atoms. The van der Waals surface area contributed by atoms with Crippen LogP contribution in [0.5, 0.6) is 0 Å². The Morgan fingerprint density at radius 2 is 1.77 bits per heavy atom. The maximum atomic E-state index is 12.8. The van der Waals surface area contributed by atoms with E-state index in [2.05, 4.69) is 29.7 Å². The Hall–Kier alpha value is -2.66. The standard InChI is InChI=1S/C21H22N2O2S/c1-3-15-9-11-17(12-10-15)19-18(14(2)22-21(26)23-19)20(24)25-13-16-7-5-4-6-8-16/h4-12,19H,3,13H2,1-2H3,(H2,22,23,26)/t19-/m1/s1. The van der Waals surface area contributed by atoms with E-state index in [1.54, 1.807) is 0 Å². The predicted molar refractivity (Wildman–Crippen MR) is 106 cm³/mol. The van der Waals surface area contributed by atoms with Gasteiger partial charge in [0.15, 0.2) is 5.11 Å². The van der Waals surface area contributed by atoms with Crippen LogP contribution in [0.2, 0.25) is 0 Å². The number of aryl methyl sites for hydroxylation is 1. The van der Waals surface area contributed by atoms with E-state index in [9.17, 15) is 4.79 Å². The highest BCUT2D eigenvalue weighted by Gasteiger charge is 2.30. The van der Waals surface area contributed by atoms with Crippen molar-refractivity contribution in [1.82, 2.24) is 10.6 Å². The Kier molecular flexibility index (Phi) is 5.68. The average molecular weight is 366 g/mol. The van der Waals surface area contributed by atoms with Gasteiger partial charge in [0.2, 0.25) is 0 Å². The fourth-order valence-corrected chi connectivity index (χ4v) is 3.23. The first kappa shape index (κ1) is 18.1. The molecule has 1 heterocycles. The molecule has 0 saturated carbocycles. The minimum atomic E-state index is -0.349. The molecule has 1 atom stereocenters. The number of thiocarbonyl (C=S) groups is 1. The van der Waals surface area contributed by atoms with Crippen LogP contribution in [0.25, 0.3) is 0 Å². The highest BCUT2D eigenvalue weighted by atomic mass is 32.1. The lowest BCUT2D eigenvalue weighted by molar-refractivity contribution is -0.140. The van der Waals surface area contributed by atoms with Gasteiger partial charge in [-0.1, -0.05) is 61.5 Å². The molecule has 26 heavy (non-hydrogen) atoms. The molecule has 0 aliphatic carbocycles. The summed E-state index contributed by atoms with van der Waals surface area (Å²) in [6.07, 6.45) is 0.971. The molecule has 0 amide bonds. The monoisotopic (exact) mass is 366 g/mol. The van der Waals surface area contributed by atoms with Crippen LogP contribution < -0.4 is 10.6 Å². The molecule has 1 aliphatic rings. The second-order valence-electron chi connectivity index (χ2n) is 6.23. The van der Waals surface area contributed by atoms with Crippen LogP contribution in [-0.2, 0) is 22.6 Å². The number of allylic oxidation sites excluding steroid dienone is 1. The summed E-state index contributed by atoms with van der Waals surface area (Å²) in [5.74, 6) is -0.349. The van der Waals surface area contributed by atoms with Gasteiger partial charge >= 0.3 is 5.97 Å². The minimum absolute atomic E-state index is 0.238. The maximum absolute atomic E-state index is 12.8. The Morgan fingerprint density at radius 3 is 2.42 bits per heavy atom. The summed E-state index contributed by atoms with van der Waals surface area (Å²) in [7, 11) is 0. The van der Waals surface area contributed by atoms with Gasteiger partial charge in [0.1, 0.15) is 6.61 Å². The molecule has 0 aromatic heterocycles. The number of carbonyl (C=O) groups excluding carboxylic acids is 1. The third-order valence-corrected chi connectivity index (χ3v) is 4.64. The lowest BCUT2D eigenvalue weighted by Gasteiger charge is -2.30. The molecule has 2 N–H and O–H groups in total. The molecule has 0 unspecified atom stereocenters. The second kappa shape index (κ2) is 8.15. The largest absolute Gasteiger partial charge is 0.457 e. The zero-order chi connectivity index (χ0) is 18.5. The molecule has 0 spiro atoms. The summed E-state index contributed by atoms with van der Waals surface area (Å²) in [6.45, 7) is 4.20. The van der Waals surface area contributed by atoms with Crippen LogP contribution >= 0.6 is 12.2 Å². The first-order valence-electron chi connectivity index (χ1n) is 8.66. The second-order valence-corrected chi connectivity index (χ2v) is 6.64. The average Bonchev–Trinajstić information content (AvgIpc) is 2.66. The van der Waals surface area contributed by atoms with Gasteiger partial charge in [-0.25, -0.2) is 4.79 Å². The Morgan fingerprint density at radius 1 is 1.08 bits per heavy atom. The smallest absolute Gasteiger partial charge is 0.338 e. The number of rotatable bonds is 5. The number of hydrogen-bond donors (Lipinski definition) is 2. The van der Waals surface area contributed by atoms with Crippen LogP contribution in [0.1, 0.15) is 36.6 Å². The molecular formula is C21H22N2O2S. The van der Waals surface area contributed by atoms with E-state index in [0.717, 1.165) is 23.2 Å². The van der Waals surface area contributed by atoms with Gasteiger partial charge in [0.25, 0.3) is 0 Å². The van der Waals surface area contributed by atoms with Crippen molar-refractivity contribution in [3.05, 3.63) is 82.6 Å². The van der Waals surface area contributed by atoms with Gasteiger partial charge in [0.05, 0.1) is 11.6 Å². The normalized spacial score (nSPS) is 16.7. The lowest BCUT2D eigenvalue weighted by atomic mass is 9.94. The number of carbonyl (C=O) groups is 1. The van der Waals surface area contributed by atoms with Gasteiger partial charge < -0.3 is 15.4 Å². The summed E-state index contributed by atoms with van der Waals surface area (Å²) in [5.41, 5.74) is 4.46. The lowest BCUT2D eigenvalue weighted by Crippen LogP contribution is -2.45. The third kappa shape index (κ3) is 4.11. The van der Waals surface area contributed by atoms with E-state index in [4.69, 9.17) is 17.0 Å². The number of hydrogen-bond acceptors (Lipinski definition) is 3. The van der Waals surface area contributed by atoms with Crippen molar-refractivity contribution in [2.45, 2.75) is 32.9 Å². The highest BCUT2D eigenvalue weighted by molar-refractivity contribution is 7.80. The molecule has 1 aliphatic heterocycles. The molecular weight excluding hydrogens is 344 g/mol. The molecule has 4 nitrogen and oxygen atoms in total. The Balaban J connectivity index is 1.83. The van der Waals surface area contributed by atoms with E-state index in [0.29, 0.717) is 10.7 Å². The van der Waals surface area contributed by atoms with Crippen molar-refractivity contribution in [1.29, 1.82) is 0 Å². The van der Waals surface area contributed by atoms with Gasteiger partial charge in [-0.05, 0) is 42.3 Å². The summed E-state index contributed by atoms with van der Waals surface area (Å²) >= 11 is 5.28. The molecule has 0 fully saturated rings. The molecule has 134 valence electrons. The van der Waals surface area contributed by atoms with E-state index < -0.39 is 0 Å². The quantitative estimate of drug-likeness (QED) is 0.623. The molecule has 3 rings (SSSR count). The molecule has 0 radical (unpaired) electrons. The number of ether oxygens (including phenoxy) is 1. The van der Waals surface area contributed by atoms with Gasteiger partial charge in [-0.15, -0.1) is 0 Å². The first-order chi connectivity index (χ1) is 12.6. The fraction of sp³-hybridized carbons (Fsp3) is 0.238. The Labute approximate surface area is 159 Å². The van der Waals surface area contributed by atoms with Crippen molar-refractivity contribution in [3.63, 3.8) is 0 Å². The predicted octanol–water partition coefficient (Wildman–Crippen LogP) is 3.79.